The minimum absolute atomic E-state index is 0.274. The van der Waals surface area contributed by atoms with Gasteiger partial charge in [0, 0.05) is 5.69 Å². The second-order valence-electron chi connectivity index (χ2n) is 5.99. The highest BCUT2D eigenvalue weighted by molar-refractivity contribution is 7.92. The maximum atomic E-state index is 12.7. The second kappa shape index (κ2) is 7.71. The number of sulfonamides is 1. The molecule has 0 unspecified atom stereocenters. The van der Waals surface area contributed by atoms with E-state index in [2.05, 4.69) is 11.6 Å². The Kier molecular flexibility index (Phi) is 5.89. The highest BCUT2D eigenvalue weighted by Gasteiger charge is 2.19. The summed E-state index contributed by atoms with van der Waals surface area (Å²) < 4.78 is 33.3. The van der Waals surface area contributed by atoms with Crippen molar-refractivity contribution in [3.63, 3.8) is 0 Å². The van der Waals surface area contributed by atoms with E-state index >= 15 is 0 Å². The van der Waals surface area contributed by atoms with Gasteiger partial charge in [-0.2, -0.15) is 0 Å². The first-order chi connectivity index (χ1) is 11.4. The zero-order chi connectivity index (χ0) is 17.7. The maximum absolute atomic E-state index is 12.7. The molecular formula is C19H25NO3S. The molecule has 0 saturated carbocycles. The van der Waals surface area contributed by atoms with Crippen LogP contribution in [0.4, 0.5) is 5.69 Å². The van der Waals surface area contributed by atoms with E-state index in [0.29, 0.717) is 17.0 Å². The Hall–Kier alpha value is -2.01. The summed E-state index contributed by atoms with van der Waals surface area (Å²) in [5, 5.41) is 0. The van der Waals surface area contributed by atoms with E-state index < -0.39 is 10.0 Å². The van der Waals surface area contributed by atoms with Crippen LogP contribution >= 0.6 is 0 Å². The lowest BCUT2D eigenvalue weighted by Crippen LogP contribution is -2.14. The van der Waals surface area contributed by atoms with Crippen LogP contribution in [-0.4, -0.2) is 15.5 Å². The first-order valence-corrected chi connectivity index (χ1v) is 9.62. The molecule has 24 heavy (non-hydrogen) atoms. The summed E-state index contributed by atoms with van der Waals surface area (Å²) in [5.74, 6) is 0.687. The Bertz CT molecular complexity index is 796. The summed E-state index contributed by atoms with van der Waals surface area (Å²) in [6, 6.07) is 11.0. The largest absolute Gasteiger partial charge is 0.496 e. The molecule has 2 aromatic carbocycles. The molecule has 4 nitrogen and oxygen atoms in total. The number of ether oxygens (including phenoxy) is 1. The molecular weight excluding hydrogens is 322 g/mol. The quantitative estimate of drug-likeness (QED) is 0.805. The maximum Gasteiger partial charge on any atom is 0.262 e. The van der Waals surface area contributed by atoms with Crippen LogP contribution in [0.1, 0.15) is 36.5 Å². The fraction of sp³-hybridized carbons (Fsp3) is 0.368. The average Bonchev–Trinajstić information content (AvgIpc) is 2.55. The van der Waals surface area contributed by atoms with Gasteiger partial charge in [-0.1, -0.05) is 25.5 Å². The van der Waals surface area contributed by atoms with Crippen molar-refractivity contribution >= 4 is 15.7 Å². The molecule has 0 fully saturated rings. The van der Waals surface area contributed by atoms with E-state index in [1.165, 1.54) is 5.56 Å². The second-order valence-corrected chi connectivity index (χ2v) is 7.64. The fourth-order valence-corrected chi connectivity index (χ4v) is 3.97. The number of unbranched alkanes of at least 4 members (excludes halogenated alkanes) is 1. The third-order valence-corrected chi connectivity index (χ3v) is 5.53. The Morgan fingerprint density at radius 3 is 2.29 bits per heavy atom. The van der Waals surface area contributed by atoms with E-state index in [0.717, 1.165) is 24.8 Å². The van der Waals surface area contributed by atoms with Crippen molar-refractivity contribution in [2.75, 3.05) is 11.8 Å². The van der Waals surface area contributed by atoms with Crippen molar-refractivity contribution in [3.8, 4) is 5.75 Å². The van der Waals surface area contributed by atoms with E-state index in [1.54, 1.807) is 26.2 Å². The van der Waals surface area contributed by atoms with E-state index in [-0.39, 0.29) is 4.90 Å². The molecule has 0 radical (unpaired) electrons. The first-order valence-electron chi connectivity index (χ1n) is 8.14. The molecule has 0 amide bonds. The summed E-state index contributed by atoms with van der Waals surface area (Å²) in [4.78, 5) is 0.274. The van der Waals surface area contributed by atoms with Gasteiger partial charge in [-0.05, 0) is 67.6 Å². The highest BCUT2D eigenvalue weighted by atomic mass is 32.2. The van der Waals surface area contributed by atoms with Crippen LogP contribution in [0.25, 0.3) is 0 Å². The van der Waals surface area contributed by atoms with Gasteiger partial charge in [-0.15, -0.1) is 0 Å². The Morgan fingerprint density at radius 1 is 1.04 bits per heavy atom. The lowest BCUT2D eigenvalue weighted by atomic mass is 10.1. The number of hydrogen-bond acceptors (Lipinski definition) is 3. The minimum atomic E-state index is -3.63. The van der Waals surface area contributed by atoms with Gasteiger partial charge in [-0.25, -0.2) is 8.42 Å². The lowest BCUT2D eigenvalue weighted by molar-refractivity contribution is 0.411. The van der Waals surface area contributed by atoms with Crippen LogP contribution in [0.15, 0.2) is 41.3 Å². The molecule has 0 bridgehead atoms. The van der Waals surface area contributed by atoms with Crippen molar-refractivity contribution in [2.24, 2.45) is 0 Å². The van der Waals surface area contributed by atoms with Gasteiger partial charge in [-0.3, -0.25) is 4.72 Å². The highest BCUT2D eigenvalue weighted by Crippen LogP contribution is 2.27. The smallest absolute Gasteiger partial charge is 0.262 e. The number of anilines is 1. The molecule has 0 heterocycles. The molecule has 5 heteroatoms. The first kappa shape index (κ1) is 18.3. The summed E-state index contributed by atoms with van der Waals surface area (Å²) in [6.45, 7) is 5.76. The van der Waals surface area contributed by atoms with Gasteiger partial charge in [0.25, 0.3) is 10.0 Å². The van der Waals surface area contributed by atoms with E-state index in [1.807, 2.05) is 31.2 Å². The third-order valence-electron chi connectivity index (χ3n) is 4.01. The molecule has 2 aromatic rings. The number of aryl methyl sites for hydroxylation is 3. The molecule has 1 N–H and O–H groups in total. The molecule has 130 valence electrons. The zero-order valence-electron chi connectivity index (χ0n) is 14.7. The Labute approximate surface area is 144 Å². The molecule has 0 aliphatic carbocycles. The van der Waals surface area contributed by atoms with E-state index in [9.17, 15) is 8.42 Å². The van der Waals surface area contributed by atoms with Gasteiger partial charge in [0.2, 0.25) is 0 Å². The van der Waals surface area contributed by atoms with Crippen molar-refractivity contribution in [1.82, 2.24) is 0 Å². The monoisotopic (exact) mass is 347 g/mol. The Morgan fingerprint density at radius 2 is 1.71 bits per heavy atom. The van der Waals surface area contributed by atoms with Crippen LogP contribution in [0.3, 0.4) is 0 Å². The van der Waals surface area contributed by atoms with Gasteiger partial charge >= 0.3 is 0 Å². The van der Waals surface area contributed by atoms with Gasteiger partial charge in [0.1, 0.15) is 5.75 Å². The van der Waals surface area contributed by atoms with Crippen LogP contribution in [0.5, 0.6) is 5.75 Å². The summed E-state index contributed by atoms with van der Waals surface area (Å²) in [7, 11) is -2.05. The zero-order valence-corrected chi connectivity index (χ0v) is 15.5. The normalized spacial score (nSPS) is 11.3. The topological polar surface area (TPSA) is 55.4 Å². The summed E-state index contributed by atoms with van der Waals surface area (Å²) >= 11 is 0. The SMILES string of the molecule is CCCCc1ccc(NS(=O)(=O)c2cc(C)c(OC)cc2C)cc1. The summed E-state index contributed by atoms with van der Waals surface area (Å²) in [6.07, 6.45) is 3.29. The Balaban J connectivity index is 2.24. The molecule has 0 spiro atoms. The number of methoxy groups -OCH3 is 1. The van der Waals surface area contributed by atoms with E-state index in [4.69, 9.17) is 4.74 Å². The minimum Gasteiger partial charge on any atom is -0.496 e. The fourth-order valence-electron chi connectivity index (χ4n) is 2.60. The third kappa shape index (κ3) is 4.29. The predicted octanol–water partition coefficient (Wildman–Crippen LogP) is 4.46. The molecule has 0 aliphatic rings. The van der Waals surface area contributed by atoms with Crippen molar-refractivity contribution < 1.29 is 13.2 Å². The molecule has 0 aliphatic heterocycles. The molecule has 0 aromatic heterocycles. The van der Waals surface area contributed by atoms with Gasteiger partial charge in [0.05, 0.1) is 12.0 Å². The van der Waals surface area contributed by atoms with Crippen LogP contribution < -0.4 is 9.46 Å². The predicted molar refractivity (Wildman–Crippen MR) is 98.3 cm³/mol. The summed E-state index contributed by atoms with van der Waals surface area (Å²) in [5.41, 5.74) is 3.24. The van der Waals surface area contributed by atoms with Crippen LogP contribution in [-0.2, 0) is 16.4 Å². The van der Waals surface area contributed by atoms with Crippen molar-refractivity contribution in [2.45, 2.75) is 44.9 Å². The molecule has 0 saturated heterocycles. The van der Waals surface area contributed by atoms with Crippen molar-refractivity contribution in [3.05, 3.63) is 53.1 Å². The number of rotatable bonds is 7. The number of nitrogens with one attached hydrogen (secondary N) is 1. The van der Waals surface area contributed by atoms with Crippen molar-refractivity contribution in [1.29, 1.82) is 0 Å². The molecule has 0 atom stereocenters. The number of benzene rings is 2. The van der Waals surface area contributed by atoms with Gasteiger partial charge in [0.15, 0.2) is 0 Å². The average molecular weight is 347 g/mol. The molecule has 2 rings (SSSR count). The van der Waals surface area contributed by atoms with Crippen LogP contribution in [0, 0.1) is 13.8 Å². The van der Waals surface area contributed by atoms with Gasteiger partial charge < -0.3 is 4.74 Å². The standard InChI is InChI=1S/C19H25NO3S/c1-5-6-7-16-8-10-17(11-9-16)20-24(21,22)19-13-14(2)18(23-4)12-15(19)3/h8-13,20H,5-7H2,1-4H3. The lowest BCUT2D eigenvalue weighted by Gasteiger charge is -2.13. The van der Waals surface area contributed by atoms with Crippen LogP contribution in [0.2, 0.25) is 0 Å². The number of hydrogen-bond donors (Lipinski definition) is 1.